The van der Waals surface area contributed by atoms with Gasteiger partial charge < -0.3 is 25.4 Å². The van der Waals surface area contributed by atoms with Crippen molar-refractivity contribution in [2.45, 2.75) is 44.1 Å². The topological polar surface area (TPSA) is 90.9 Å². The fourth-order valence-corrected chi connectivity index (χ4v) is 3.19. The molecule has 8 heteroatoms. The van der Waals surface area contributed by atoms with Crippen molar-refractivity contribution in [1.29, 1.82) is 0 Å². The molecule has 1 aromatic rings. The van der Waals surface area contributed by atoms with E-state index in [1.54, 1.807) is 17.0 Å². The lowest BCUT2D eigenvalue weighted by atomic mass is 9.97. The summed E-state index contributed by atoms with van der Waals surface area (Å²) in [5, 5.41) is 16.0. The zero-order chi connectivity index (χ0) is 19.8. The second-order valence-electron chi connectivity index (χ2n) is 7.08. The fraction of sp³-hybridized carbons (Fsp3) is 0.579. The Morgan fingerprint density at radius 1 is 1.22 bits per heavy atom. The zero-order valence-corrected chi connectivity index (χ0v) is 16.5. The molecule has 1 saturated heterocycles. The highest BCUT2D eigenvalue weighted by atomic mass is 35.5. The zero-order valence-electron chi connectivity index (χ0n) is 15.8. The van der Waals surface area contributed by atoms with Gasteiger partial charge >= 0.3 is 0 Å². The summed E-state index contributed by atoms with van der Waals surface area (Å²) < 4.78 is 5.84. The van der Waals surface area contributed by atoms with Gasteiger partial charge in [-0.2, -0.15) is 0 Å². The predicted octanol–water partition coefficient (Wildman–Crippen LogP) is 0.933. The van der Waals surface area contributed by atoms with E-state index in [0.29, 0.717) is 24.4 Å². The van der Waals surface area contributed by atoms with E-state index in [4.69, 9.17) is 16.3 Å². The van der Waals surface area contributed by atoms with Crippen molar-refractivity contribution < 1.29 is 19.4 Å². The number of carbonyl (C=O) groups is 2. The molecular weight excluding hydrogens is 370 g/mol. The van der Waals surface area contributed by atoms with Gasteiger partial charge in [0.2, 0.25) is 11.8 Å². The van der Waals surface area contributed by atoms with Crippen LogP contribution in [0.3, 0.4) is 0 Å². The van der Waals surface area contributed by atoms with Crippen LogP contribution in [-0.2, 0) is 20.9 Å². The first-order chi connectivity index (χ1) is 12.9. The third kappa shape index (κ3) is 7.46. The van der Waals surface area contributed by atoms with Crippen molar-refractivity contribution in [2.75, 3.05) is 27.2 Å². The molecule has 150 valence electrons. The molecule has 2 amide bonds. The molecule has 1 fully saturated rings. The van der Waals surface area contributed by atoms with Gasteiger partial charge in [-0.25, -0.2) is 0 Å². The van der Waals surface area contributed by atoms with Crippen LogP contribution in [0.15, 0.2) is 24.3 Å². The molecule has 1 aliphatic heterocycles. The van der Waals surface area contributed by atoms with Gasteiger partial charge in [0.25, 0.3) is 0 Å². The number of carbonyl (C=O) groups excluding carboxylic acids is 2. The summed E-state index contributed by atoms with van der Waals surface area (Å²) in [7, 11) is 3.64. The summed E-state index contributed by atoms with van der Waals surface area (Å²) in [5.74, 6) is -0.215. The Hall–Kier alpha value is -1.67. The number of nitrogens with zero attached hydrogens (tertiary/aromatic N) is 1. The Labute approximate surface area is 165 Å². The van der Waals surface area contributed by atoms with Crippen LogP contribution in [0.25, 0.3) is 0 Å². The first kappa shape index (κ1) is 21.6. The van der Waals surface area contributed by atoms with Crippen molar-refractivity contribution in [3.63, 3.8) is 0 Å². The van der Waals surface area contributed by atoms with Gasteiger partial charge in [0.05, 0.1) is 31.7 Å². The van der Waals surface area contributed by atoms with Crippen LogP contribution in [0.2, 0.25) is 5.02 Å². The molecule has 0 saturated carbocycles. The normalized spacial score (nSPS) is 22.5. The van der Waals surface area contributed by atoms with Gasteiger partial charge in [-0.05, 0) is 44.6 Å². The summed E-state index contributed by atoms with van der Waals surface area (Å²) in [4.78, 5) is 25.9. The monoisotopic (exact) mass is 397 g/mol. The van der Waals surface area contributed by atoms with Crippen LogP contribution in [0.5, 0.6) is 0 Å². The second-order valence-corrected chi connectivity index (χ2v) is 7.51. The number of ether oxygens (including phenoxy) is 1. The van der Waals surface area contributed by atoms with Gasteiger partial charge in [0.1, 0.15) is 6.10 Å². The van der Waals surface area contributed by atoms with Crippen LogP contribution in [0.4, 0.5) is 0 Å². The van der Waals surface area contributed by atoms with Gasteiger partial charge in [0.15, 0.2) is 0 Å². The SMILES string of the molecule is CN(C)CC(=O)N[C@H]1CC[C@@H](CC(=O)NCc2ccc(Cl)cc2)O[C@H]1CO. The lowest BCUT2D eigenvalue weighted by Crippen LogP contribution is -2.52. The van der Waals surface area contributed by atoms with Crippen molar-refractivity contribution >= 4 is 23.4 Å². The van der Waals surface area contributed by atoms with Crippen molar-refractivity contribution in [1.82, 2.24) is 15.5 Å². The van der Waals surface area contributed by atoms with E-state index < -0.39 is 6.10 Å². The average Bonchev–Trinajstić information content (AvgIpc) is 2.61. The molecule has 0 unspecified atom stereocenters. The van der Waals surface area contributed by atoms with E-state index in [-0.39, 0.29) is 43.5 Å². The molecule has 7 nitrogen and oxygen atoms in total. The Balaban J connectivity index is 1.77. The van der Waals surface area contributed by atoms with Crippen LogP contribution >= 0.6 is 11.6 Å². The largest absolute Gasteiger partial charge is 0.394 e. The highest BCUT2D eigenvalue weighted by Crippen LogP contribution is 2.22. The molecule has 3 atom stereocenters. The summed E-state index contributed by atoms with van der Waals surface area (Å²) in [6.45, 7) is 0.510. The molecule has 2 rings (SSSR count). The fourth-order valence-electron chi connectivity index (χ4n) is 3.07. The maximum absolute atomic E-state index is 12.2. The lowest BCUT2D eigenvalue weighted by molar-refractivity contribution is -0.136. The summed E-state index contributed by atoms with van der Waals surface area (Å²) in [6.07, 6.45) is 0.771. The Kier molecular flexibility index (Phi) is 8.50. The van der Waals surface area contributed by atoms with Crippen LogP contribution in [0, 0.1) is 0 Å². The molecule has 27 heavy (non-hydrogen) atoms. The number of aliphatic hydroxyl groups is 1. The Morgan fingerprint density at radius 3 is 2.56 bits per heavy atom. The summed E-state index contributed by atoms with van der Waals surface area (Å²) in [5.41, 5.74) is 0.967. The minimum absolute atomic E-state index is 0.105. The van der Waals surface area contributed by atoms with E-state index in [1.165, 1.54) is 0 Å². The van der Waals surface area contributed by atoms with Crippen molar-refractivity contribution in [3.05, 3.63) is 34.9 Å². The van der Waals surface area contributed by atoms with Crippen molar-refractivity contribution in [3.8, 4) is 0 Å². The number of likely N-dealkylation sites (N-methyl/N-ethyl adjacent to an activating group) is 1. The number of halogens is 1. The molecule has 0 aliphatic carbocycles. The third-order valence-electron chi connectivity index (χ3n) is 4.42. The number of hydrogen-bond donors (Lipinski definition) is 3. The molecule has 0 spiro atoms. The van der Waals surface area contributed by atoms with Gasteiger partial charge in [-0.1, -0.05) is 23.7 Å². The molecule has 3 N–H and O–H groups in total. The standard InChI is InChI=1S/C19H28ClN3O4/c1-23(2)11-19(26)22-16-8-7-15(27-17(16)12-24)9-18(25)21-10-13-3-5-14(20)6-4-13/h3-6,15-17,24H,7-12H2,1-2H3,(H,21,25)(H,22,26)/t15-,16-,17-/m0/s1. The number of amides is 2. The van der Waals surface area contributed by atoms with Crippen LogP contribution in [0.1, 0.15) is 24.8 Å². The lowest BCUT2D eigenvalue weighted by Gasteiger charge is -2.36. The highest BCUT2D eigenvalue weighted by molar-refractivity contribution is 6.30. The molecule has 0 aromatic heterocycles. The molecule has 1 aromatic carbocycles. The van der Waals surface area contributed by atoms with Crippen LogP contribution < -0.4 is 10.6 Å². The average molecular weight is 398 g/mol. The predicted molar refractivity (Wildman–Crippen MR) is 103 cm³/mol. The number of nitrogens with one attached hydrogen (secondary N) is 2. The molecule has 0 radical (unpaired) electrons. The number of benzene rings is 1. The molecular formula is C19H28ClN3O4. The van der Waals surface area contributed by atoms with E-state index in [9.17, 15) is 14.7 Å². The summed E-state index contributed by atoms with van der Waals surface area (Å²) in [6, 6.07) is 7.05. The van der Waals surface area contributed by atoms with E-state index >= 15 is 0 Å². The minimum Gasteiger partial charge on any atom is -0.394 e. The van der Waals surface area contributed by atoms with E-state index in [2.05, 4.69) is 10.6 Å². The van der Waals surface area contributed by atoms with Crippen LogP contribution in [-0.4, -0.2) is 67.3 Å². The number of aliphatic hydroxyl groups excluding tert-OH is 1. The maximum atomic E-state index is 12.2. The summed E-state index contributed by atoms with van der Waals surface area (Å²) >= 11 is 5.85. The minimum atomic E-state index is -0.501. The molecule has 1 aliphatic rings. The number of rotatable bonds is 8. The maximum Gasteiger partial charge on any atom is 0.234 e. The van der Waals surface area contributed by atoms with Gasteiger partial charge in [0, 0.05) is 11.6 Å². The Morgan fingerprint density at radius 2 is 1.93 bits per heavy atom. The smallest absolute Gasteiger partial charge is 0.234 e. The molecule has 1 heterocycles. The van der Waals surface area contributed by atoms with E-state index in [0.717, 1.165) is 5.56 Å². The Bertz CT molecular complexity index is 624. The van der Waals surface area contributed by atoms with Gasteiger partial charge in [-0.15, -0.1) is 0 Å². The first-order valence-corrected chi connectivity index (χ1v) is 9.46. The highest BCUT2D eigenvalue weighted by Gasteiger charge is 2.32. The quantitative estimate of drug-likeness (QED) is 0.607. The third-order valence-corrected chi connectivity index (χ3v) is 4.67. The first-order valence-electron chi connectivity index (χ1n) is 9.09. The van der Waals surface area contributed by atoms with E-state index in [1.807, 2.05) is 26.2 Å². The number of hydrogen-bond acceptors (Lipinski definition) is 5. The van der Waals surface area contributed by atoms with Gasteiger partial charge in [-0.3, -0.25) is 9.59 Å². The molecule has 0 bridgehead atoms. The van der Waals surface area contributed by atoms with Crippen molar-refractivity contribution in [2.24, 2.45) is 0 Å². The second kappa shape index (κ2) is 10.6.